The molecule has 1 heterocycles. The molecule has 0 bridgehead atoms. The zero-order valence-electron chi connectivity index (χ0n) is 17.8. The largest absolute Gasteiger partial charge is 0.425 e. The number of rotatable bonds is 5. The molecule has 0 radical (unpaired) electrons. The fraction of sp³-hybridized carbons (Fsp3) is 0.107. The Kier molecular flexibility index (Phi) is 5.87. The Bertz CT molecular complexity index is 1210. The summed E-state index contributed by atoms with van der Waals surface area (Å²) in [5, 5.41) is 1.67. The first-order valence-electron chi connectivity index (χ1n) is 10.8. The van der Waals surface area contributed by atoms with Crippen molar-refractivity contribution in [3.8, 4) is 16.9 Å². The van der Waals surface area contributed by atoms with Gasteiger partial charge in [0.1, 0.15) is 11.6 Å². The van der Waals surface area contributed by atoms with Crippen LogP contribution < -0.4 is 9.80 Å². The third kappa shape index (κ3) is 4.64. The van der Waals surface area contributed by atoms with Crippen molar-refractivity contribution in [1.29, 1.82) is 0 Å². The van der Waals surface area contributed by atoms with E-state index in [2.05, 4.69) is 24.3 Å². The van der Waals surface area contributed by atoms with Crippen molar-refractivity contribution in [3.05, 3.63) is 121 Å². The highest BCUT2D eigenvalue weighted by Crippen LogP contribution is 2.39. The van der Waals surface area contributed by atoms with Crippen LogP contribution in [0.15, 0.2) is 109 Å². The van der Waals surface area contributed by atoms with Gasteiger partial charge in [-0.2, -0.15) is 0 Å². The van der Waals surface area contributed by atoms with Gasteiger partial charge < -0.3 is 4.74 Å². The van der Waals surface area contributed by atoms with Crippen molar-refractivity contribution in [2.75, 3.05) is 5.06 Å². The van der Waals surface area contributed by atoms with Crippen LogP contribution in [0.1, 0.15) is 18.0 Å². The Morgan fingerprint density at radius 3 is 2.06 bits per heavy atom. The van der Waals surface area contributed by atoms with Crippen LogP contribution in [0.5, 0.6) is 5.75 Å². The second kappa shape index (κ2) is 9.27. The number of anilines is 1. The molecule has 5 rings (SSSR count). The van der Waals surface area contributed by atoms with Crippen LogP contribution in [0.3, 0.4) is 0 Å². The lowest BCUT2D eigenvalue weighted by Crippen LogP contribution is -2.28. The van der Waals surface area contributed by atoms with Gasteiger partial charge in [-0.05, 0) is 53.1 Å². The van der Waals surface area contributed by atoms with Crippen LogP contribution in [0.25, 0.3) is 11.1 Å². The molecule has 2 atom stereocenters. The zero-order valence-corrected chi connectivity index (χ0v) is 17.8. The van der Waals surface area contributed by atoms with Gasteiger partial charge in [-0.3, -0.25) is 4.84 Å². The number of carbonyl (C=O) groups is 1. The smallest absolute Gasteiger partial charge is 0.343 e. The van der Waals surface area contributed by atoms with Crippen LogP contribution in [0.4, 0.5) is 10.1 Å². The number of hydrogen-bond acceptors (Lipinski definition) is 4. The average molecular weight is 439 g/mol. The minimum atomic E-state index is -0.783. The van der Waals surface area contributed by atoms with Crippen molar-refractivity contribution < 1.29 is 18.8 Å². The lowest BCUT2D eigenvalue weighted by molar-refractivity contribution is -0.145. The summed E-state index contributed by atoms with van der Waals surface area (Å²) in [7, 11) is 0. The number of hydrogen-bond donors (Lipinski definition) is 0. The quantitative estimate of drug-likeness (QED) is 0.268. The van der Waals surface area contributed by atoms with E-state index in [1.54, 1.807) is 41.5 Å². The van der Waals surface area contributed by atoms with Crippen LogP contribution in [-0.4, -0.2) is 12.1 Å². The van der Waals surface area contributed by atoms with Crippen molar-refractivity contribution >= 4 is 11.7 Å². The Morgan fingerprint density at radius 2 is 1.39 bits per heavy atom. The summed E-state index contributed by atoms with van der Waals surface area (Å²) >= 11 is 0. The molecule has 0 N–H and O–H groups in total. The second-order valence-corrected chi connectivity index (χ2v) is 7.87. The fourth-order valence-corrected chi connectivity index (χ4v) is 3.99. The molecule has 1 aliphatic rings. The summed E-state index contributed by atoms with van der Waals surface area (Å²) in [5.41, 5.74) is 3.90. The highest BCUT2D eigenvalue weighted by Gasteiger charge is 2.40. The predicted octanol–water partition coefficient (Wildman–Crippen LogP) is 6.35. The van der Waals surface area contributed by atoms with Crippen LogP contribution >= 0.6 is 0 Å². The van der Waals surface area contributed by atoms with Gasteiger partial charge in [-0.25, -0.2) is 14.2 Å². The maximum Gasteiger partial charge on any atom is 0.343 e. The standard InChI is InChI=1S/C28H22FNO3/c29-23-15-17-24(18-16-23)30-26(19-27(33-30)28(31)32-25-9-5-2-6-10-25)22-13-11-21(12-14-22)20-7-3-1-4-8-20/h1-18,26-27H,19H2. The van der Waals surface area contributed by atoms with E-state index in [1.807, 2.05) is 36.4 Å². The Balaban J connectivity index is 1.41. The molecule has 4 aromatic carbocycles. The molecule has 0 aromatic heterocycles. The number of carbonyl (C=O) groups excluding carboxylic acids is 1. The predicted molar refractivity (Wildman–Crippen MR) is 125 cm³/mol. The monoisotopic (exact) mass is 439 g/mol. The fourth-order valence-electron chi connectivity index (χ4n) is 3.99. The first-order valence-corrected chi connectivity index (χ1v) is 10.8. The van der Waals surface area contributed by atoms with Crippen LogP contribution in [0, 0.1) is 5.82 Å². The van der Waals surface area contributed by atoms with E-state index in [-0.39, 0.29) is 11.9 Å². The number of para-hydroxylation sites is 1. The summed E-state index contributed by atoms with van der Waals surface area (Å²) in [6.07, 6.45) is -0.373. The van der Waals surface area contributed by atoms with E-state index in [9.17, 15) is 9.18 Å². The average Bonchev–Trinajstić information content (AvgIpc) is 3.31. The summed E-state index contributed by atoms with van der Waals surface area (Å²) < 4.78 is 19.0. The van der Waals surface area contributed by atoms with Gasteiger partial charge in [-0.15, -0.1) is 0 Å². The number of halogens is 1. The lowest BCUT2D eigenvalue weighted by atomic mass is 9.97. The van der Waals surface area contributed by atoms with Crippen LogP contribution in [-0.2, 0) is 9.63 Å². The van der Waals surface area contributed by atoms with E-state index >= 15 is 0 Å². The molecule has 5 heteroatoms. The van der Waals surface area contributed by atoms with Gasteiger partial charge in [0.15, 0.2) is 6.10 Å². The topological polar surface area (TPSA) is 38.8 Å². The van der Waals surface area contributed by atoms with Gasteiger partial charge in [0.05, 0.1) is 11.7 Å². The van der Waals surface area contributed by atoms with Crippen molar-refractivity contribution in [1.82, 2.24) is 0 Å². The molecular formula is C28H22FNO3. The van der Waals surface area contributed by atoms with E-state index in [1.165, 1.54) is 12.1 Å². The molecule has 2 unspecified atom stereocenters. The Morgan fingerprint density at radius 1 is 0.788 bits per heavy atom. The summed E-state index contributed by atoms with van der Waals surface area (Å²) in [6.45, 7) is 0. The molecule has 1 saturated heterocycles. The third-order valence-corrected chi connectivity index (χ3v) is 5.67. The van der Waals surface area contributed by atoms with Crippen molar-refractivity contribution in [2.45, 2.75) is 18.6 Å². The van der Waals surface area contributed by atoms with Gasteiger partial charge in [0.25, 0.3) is 0 Å². The molecule has 4 aromatic rings. The van der Waals surface area contributed by atoms with E-state index in [4.69, 9.17) is 9.57 Å². The summed E-state index contributed by atoms with van der Waals surface area (Å²) in [5.74, 6) is -0.325. The molecule has 0 aliphatic carbocycles. The van der Waals surface area contributed by atoms with E-state index in [0.29, 0.717) is 17.9 Å². The first-order chi connectivity index (χ1) is 16.2. The number of hydroxylamine groups is 1. The van der Waals surface area contributed by atoms with Gasteiger partial charge >= 0.3 is 5.97 Å². The molecule has 1 fully saturated rings. The van der Waals surface area contributed by atoms with Gasteiger partial charge in [-0.1, -0.05) is 72.8 Å². The number of ether oxygens (including phenoxy) is 1. The van der Waals surface area contributed by atoms with E-state index < -0.39 is 12.1 Å². The summed E-state index contributed by atoms with van der Waals surface area (Å²) in [6, 6.07) is 33.1. The lowest BCUT2D eigenvalue weighted by Gasteiger charge is -2.25. The SMILES string of the molecule is O=C(Oc1ccccc1)C1CC(c2ccc(-c3ccccc3)cc2)N(c2ccc(F)cc2)O1. The van der Waals surface area contributed by atoms with Gasteiger partial charge in [0.2, 0.25) is 0 Å². The molecule has 0 saturated carbocycles. The minimum absolute atomic E-state index is 0.228. The molecule has 1 aliphatic heterocycles. The van der Waals surface area contributed by atoms with Crippen molar-refractivity contribution in [2.24, 2.45) is 0 Å². The maximum absolute atomic E-state index is 13.5. The molecule has 0 amide bonds. The Labute approximate surface area is 191 Å². The van der Waals surface area contributed by atoms with Crippen molar-refractivity contribution in [3.63, 3.8) is 0 Å². The zero-order chi connectivity index (χ0) is 22.6. The number of nitrogens with zero attached hydrogens (tertiary/aromatic N) is 1. The number of esters is 1. The molecular weight excluding hydrogens is 417 g/mol. The van der Waals surface area contributed by atoms with Crippen LogP contribution in [0.2, 0.25) is 0 Å². The number of benzene rings is 4. The molecule has 0 spiro atoms. The Hall–Kier alpha value is -3.96. The maximum atomic E-state index is 13.5. The summed E-state index contributed by atoms with van der Waals surface area (Å²) in [4.78, 5) is 18.9. The van der Waals surface area contributed by atoms with E-state index in [0.717, 1.165) is 16.7 Å². The molecule has 4 nitrogen and oxygen atoms in total. The molecule has 33 heavy (non-hydrogen) atoms. The van der Waals surface area contributed by atoms with Gasteiger partial charge in [0, 0.05) is 6.42 Å². The third-order valence-electron chi connectivity index (χ3n) is 5.67. The molecule has 164 valence electrons. The first kappa shape index (κ1) is 20.9. The highest BCUT2D eigenvalue weighted by molar-refractivity contribution is 5.78. The second-order valence-electron chi connectivity index (χ2n) is 7.87. The minimum Gasteiger partial charge on any atom is -0.425 e. The highest BCUT2D eigenvalue weighted by atomic mass is 19.1. The normalized spacial score (nSPS) is 17.7.